The number of carbonyl (C=O) groups excluding carboxylic acids is 2. The first-order chi connectivity index (χ1) is 12.0. The minimum atomic E-state index is -1.24. The van der Waals surface area contributed by atoms with Crippen LogP contribution < -0.4 is 5.73 Å². The molecular formula is C16H16N4O5. The molecule has 1 aromatic heterocycles. The molecule has 1 aliphatic rings. The zero-order valence-corrected chi connectivity index (χ0v) is 13.2. The van der Waals surface area contributed by atoms with Crippen LogP contribution in [0.4, 0.5) is 0 Å². The molecule has 0 spiro atoms. The molecule has 0 radical (unpaired) electrons. The van der Waals surface area contributed by atoms with Crippen LogP contribution in [0.25, 0.3) is 5.69 Å². The van der Waals surface area contributed by atoms with Gasteiger partial charge in [-0.3, -0.25) is 9.59 Å². The second-order valence-electron chi connectivity index (χ2n) is 5.48. The summed E-state index contributed by atoms with van der Waals surface area (Å²) in [7, 11) is 0. The van der Waals surface area contributed by atoms with Crippen LogP contribution in [0.5, 0.6) is 0 Å². The highest BCUT2D eigenvalue weighted by Gasteiger charge is 2.31. The summed E-state index contributed by atoms with van der Waals surface area (Å²) in [4.78, 5) is 36.8. The molecule has 2 amide bonds. The van der Waals surface area contributed by atoms with Crippen molar-refractivity contribution in [3.8, 4) is 5.69 Å². The highest BCUT2D eigenvalue weighted by atomic mass is 16.5. The predicted octanol–water partition coefficient (Wildman–Crippen LogP) is -0.103. The standard InChI is InChI=1S/C16H16N4O5/c17-14(21)13-9-19(6-7-25-13)15(22)12-8-11(16(23)24)18-20(12)10-4-2-1-3-5-10/h1-5,8,13H,6-7,9H2,(H2,17,21)(H,23,24). The van der Waals surface area contributed by atoms with E-state index in [0.717, 1.165) is 0 Å². The summed E-state index contributed by atoms with van der Waals surface area (Å²) in [6.45, 7) is 0.451. The summed E-state index contributed by atoms with van der Waals surface area (Å²) in [5.41, 5.74) is 5.64. The molecule has 25 heavy (non-hydrogen) atoms. The number of benzene rings is 1. The number of primary amides is 1. The summed E-state index contributed by atoms with van der Waals surface area (Å²) in [6.07, 6.45) is -0.884. The fraction of sp³-hybridized carbons (Fsp3) is 0.250. The van der Waals surface area contributed by atoms with Crippen molar-refractivity contribution < 1.29 is 24.2 Å². The van der Waals surface area contributed by atoms with Crippen LogP contribution in [-0.2, 0) is 9.53 Å². The third kappa shape index (κ3) is 3.36. The Balaban J connectivity index is 1.96. The third-order valence-corrected chi connectivity index (χ3v) is 3.82. The lowest BCUT2D eigenvalue weighted by molar-refractivity contribution is -0.133. The molecule has 1 atom stereocenters. The van der Waals surface area contributed by atoms with Gasteiger partial charge in [-0.15, -0.1) is 0 Å². The number of para-hydroxylation sites is 1. The molecule has 1 fully saturated rings. The van der Waals surface area contributed by atoms with E-state index in [0.29, 0.717) is 5.69 Å². The molecule has 130 valence electrons. The second kappa shape index (κ2) is 6.73. The van der Waals surface area contributed by atoms with Crippen molar-refractivity contribution in [1.82, 2.24) is 14.7 Å². The molecule has 3 rings (SSSR count). The van der Waals surface area contributed by atoms with Crippen LogP contribution in [0.15, 0.2) is 36.4 Å². The molecule has 1 aliphatic heterocycles. The first-order valence-corrected chi connectivity index (χ1v) is 7.56. The van der Waals surface area contributed by atoms with E-state index >= 15 is 0 Å². The van der Waals surface area contributed by atoms with Crippen molar-refractivity contribution in [3.63, 3.8) is 0 Å². The lowest BCUT2D eigenvalue weighted by Gasteiger charge is -2.31. The summed E-state index contributed by atoms with van der Waals surface area (Å²) in [5, 5.41) is 13.2. The quantitative estimate of drug-likeness (QED) is 0.797. The van der Waals surface area contributed by atoms with Crippen molar-refractivity contribution in [2.45, 2.75) is 6.10 Å². The van der Waals surface area contributed by atoms with Gasteiger partial charge in [-0.25, -0.2) is 9.48 Å². The molecule has 9 nitrogen and oxygen atoms in total. The number of carboxylic acid groups (broad SMARTS) is 1. The normalized spacial score (nSPS) is 17.3. The number of amides is 2. The van der Waals surface area contributed by atoms with E-state index in [1.54, 1.807) is 30.3 Å². The first-order valence-electron chi connectivity index (χ1n) is 7.56. The van der Waals surface area contributed by atoms with Crippen LogP contribution in [0.3, 0.4) is 0 Å². The molecule has 0 saturated carbocycles. The summed E-state index contributed by atoms with van der Waals surface area (Å²) < 4.78 is 6.51. The number of carboxylic acids is 1. The van der Waals surface area contributed by atoms with Crippen molar-refractivity contribution in [3.05, 3.63) is 47.8 Å². The molecule has 1 saturated heterocycles. The number of nitrogens with zero attached hydrogens (tertiary/aromatic N) is 3. The van der Waals surface area contributed by atoms with Crippen LogP contribution in [0.1, 0.15) is 21.0 Å². The maximum atomic E-state index is 12.9. The van der Waals surface area contributed by atoms with Crippen molar-refractivity contribution in [1.29, 1.82) is 0 Å². The van der Waals surface area contributed by atoms with Gasteiger partial charge in [-0.2, -0.15) is 5.10 Å². The largest absolute Gasteiger partial charge is 0.476 e. The maximum absolute atomic E-state index is 12.9. The maximum Gasteiger partial charge on any atom is 0.356 e. The molecule has 3 N–H and O–H groups in total. The minimum Gasteiger partial charge on any atom is -0.476 e. The lowest BCUT2D eigenvalue weighted by atomic mass is 10.2. The van der Waals surface area contributed by atoms with Crippen molar-refractivity contribution >= 4 is 17.8 Å². The van der Waals surface area contributed by atoms with E-state index in [2.05, 4.69) is 5.10 Å². The number of nitrogens with two attached hydrogens (primary N) is 1. The van der Waals surface area contributed by atoms with Gasteiger partial charge in [-0.1, -0.05) is 18.2 Å². The number of ether oxygens (including phenoxy) is 1. The van der Waals surface area contributed by atoms with Crippen LogP contribution in [0, 0.1) is 0 Å². The minimum absolute atomic E-state index is 0.0105. The second-order valence-corrected chi connectivity index (χ2v) is 5.48. The zero-order chi connectivity index (χ0) is 18.0. The number of aromatic nitrogens is 2. The monoisotopic (exact) mass is 344 g/mol. The van der Waals surface area contributed by atoms with E-state index in [9.17, 15) is 19.5 Å². The highest BCUT2D eigenvalue weighted by molar-refractivity contribution is 5.96. The SMILES string of the molecule is NC(=O)C1CN(C(=O)c2cc(C(=O)O)nn2-c2ccccc2)CCO1. The van der Waals surface area contributed by atoms with E-state index in [4.69, 9.17) is 10.5 Å². The first kappa shape index (κ1) is 16.7. The van der Waals surface area contributed by atoms with Gasteiger partial charge in [0.2, 0.25) is 5.91 Å². The summed E-state index contributed by atoms with van der Waals surface area (Å²) in [6, 6.07) is 9.94. The number of aromatic carboxylic acids is 1. The number of rotatable bonds is 4. The Labute approximate surface area is 142 Å². The van der Waals surface area contributed by atoms with Crippen LogP contribution in [-0.4, -0.2) is 63.4 Å². The van der Waals surface area contributed by atoms with E-state index in [-0.39, 0.29) is 31.1 Å². The summed E-state index contributed by atoms with van der Waals surface area (Å²) in [5.74, 6) is -2.33. The highest BCUT2D eigenvalue weighted by Crippen LogP contribution is 2.17. The van der Waals surface area contributed by atoms with Gasteiger partial charge >= 0.3 is 5.97 Å². The molecule has 2 heterocycles. The van der Waals surface area contributed by atoms with Gasteiger partial charge in [0.05, 0.1) is 18.8 Å². The van der Waals surface area contributed by atoms with Gasteiger partial charge in [0.1, 0.15) is 5.69 Å². The lowest BCUT2D eigenvalue weighted by Crippen LogP contribution is -2.50. The Morgan fingerprint density at radius 1 is 1.24 bits per heavy atom. The molecule has 9 heteroatoms. The fourth-order valence-corrected chi connectivity index (χ4v) is 2.57. The molecule has 1 unspecified atom stereocenters. The fourth-order valence-electron chi connectivity index (χ4n) is 2.57. The topological polar surface area (TPSA) is 128 Å². The van der Waals surface area contributed by atoms with Crippen molar-refractivity contribution in [2.24, 2.45) is 5.73 Å². The molecular weight excluding hydrogens is 328 g/mol. The van der Waals surface area contributed by atoms with E-state index in [1.165, 1.54) is 15.6 Å². The number of morpholine rings is 1. The molecule has 2 aromatic rings. The predicted molar refractivity (Wildman–Crippen MR) is 85.4 cm³/mol. The Hall–Kier alpha value is -3.20. The Bertz CT molecular complexity index is 817. The van der Waals surface area contributed by atoms with Gasteiger partial charge in [-0.05, 0) is 12.1 Å². The molecule has 0 aliphatic carbocycles. The van der Waals surface area contributed by atoms with E-state index in [1.807, 2.05) is 0 Å². The number of hydrogen-bond acceptors (Lipinski definition) is 5. The Morgan fingerprint density at radius 2 is 1.96 bits per heavy atom. The molecule has 1 aromatic carbocycles. The molecule has 0 bridgehead atoms. The average Bonchev–Trinajstić information content (AvgIpc) is 3.07. The van der Waals surface area contributed by atoms with E-state index < -0.39 is 23.9 Å². The van der Waals surface area contributed by atoms with Crippen LogP contribution in [0.2, 0.25) is 0 Å². The number of carbonyl (C=O) groups is 3. The third-order valence-electron chi connectivity index (χ3n) is 3.82. The smallest absolute Gasteiger partial charge is 0.356 e. The summed E-state index contributed by atoms with van der Waals surface area (Å²) >= 11 is 0. The number of hydrogen-bond donors (Lipinski definition) is 2. The van der Waals surface area contributed by atoms with Gasteiger partial charge < -0.3 is 20.5 Å². The van der Waals surface area contributed by atoms with Gasteiger partial charge in [0.25, 0.3) is 5.91 Å². The Kier molecular flexibility index (Phi) is 4.48. The average molecular weight is 344 g/mol. The zero-order valence-electron chi connectivity index (χ0n) is 13.2. The van der Waals surface area contributed by atoms with Crippen LogP contribution >= 0.6 is 0 Å². The van der Waals surface area contributed by atoms with Gasteiger partial charge in [0.15, 0.2) is 11.8 Å². The van der Waals surface area contributed by atoms with Crippen molar-refractivity contribution in [2.75, 3.05) is 19.7 Å². The Morgan fingerprint density at radius 3 is 2.60 bits per heavy atom. The van der Waals surface area contributed by atoms with Gasteiger partial charge in [0, 0.05) is 12.6 Å².